The summed E-state index contributed by atoms with van der Waals surface area (Å²) in [6.45, 7) is 0.746. The number of amides is 4. The van der Waals surface area contributed by atoms with E-state index in [0.717, 1.165) is 49.4 Å². The molecule has 4 heterocycles. The topological polar surface area (TPSA) is 433 Å². The predicted octanol–water partition coefficient (Wildman–Crippen LogP) is -3.69. The summed E-state index contributed by atoms with van der Waals surface area (Å²) in [6.07, 6.45) is -8.97. The third-order valence-corrected chi connectivity index (χ3v) is 15.7. The molecule has 0 spiro atoms. The molecular weight excluding hydrogens is 1070 g/mol. The van der Waals surface area contributed by atoms with Gasteiger partial charge in [-0.25, -0.2) is 8.37 Å². The fourth-order valence-electron chi connectivity index (χ4n) is 10.4. The maximum absolute atomic E-state index is 14.1. The molecule has 6 rings (SSSR count). The summed E-state index contributed by atoms with van der Waals surface area (Å²) < 4.78 is 105. The summed E-state index contributed by atoms with van der Waals surface area (Å²) in [5.41, 5.74) is -2.31. The van der Waals surface area contributed by atoms with Gasteiger partial charge in [0.1, 0.15) is 48.8 Å². The Morgan fingerprint density at radius 3 is 2.09 bits per heavy atom. The lowest BCUT2D eigenvalue weighted by Gasteiger charge is -2.49. The first-order valence-electron chi connectivity index (χ1n) is 25.8. The van der Waals surface area contributed by atoms with E-state index >= 15 is 0 Å². The normalized spacial score (nSPS) is 32.0. The minimum absolute atomic E-state index is 0.117. The number of carbonyl (C=O) groups is 4. The first kappa shape index (κ1) is 62.5. The first-order chi connectivity index (χ1) is 36.3. The molecule has 0 radical (unpaired) electrons. The zero-order valence-electron chi connectivity index (χ0n) is 43.1. The number of hydrogen-bond acceptors (Lipinski definition) is 23. The zero-order valence-corrected chi connectivity index (χ0v) is 44.7. The van der Waals surface area contributed by atoms with Crippen molar-refractivity contribution in [1.82, 2.24) is 35.8 Å². The number of nitrogens with one attached hydrogen (secondary N) is 3. The summed E-state index contributed by atoms with van der Waals surface area (Å²) >= 11 is 0. The largest absolute Gasteiger partial charge is 0.397 e. The Morgan fingerprint density at radius 1 is 0.844 bits per heavy atom. The molecule has 77 heavy (non-hydrogen) atoms. The van der Waals surface area contributed by atoms with Crippen molar-refractivity contribution in [3.05, 3.63) is 11.9 Å². The van der Waals surface area contributed by atoms with Crippen molar-refractivity contribution in [2.75, 3.05) is 52.6 Å². The van der Waals surface area contributed by atoms with E-state index in [0.29, 0.717) is 25.9 Å². The van der Waals surface area contributed by atoms with Gasteiger partial charge in [-0.05, 0) is 44.4 Å². The minimum Gasteiger partial charge on any atom is -0.396 e. The number of rotatable bonds is 26. The van der Waals surface area contributed by atoms with Crippen LogP contribution in [0.15, 0.2) is 6.20 Å². The first-order valence-corrected chi connectivity index (χ1v) is 28.5. The molecule has 440 valence electrons. The van der Waals surface area contributed by atoms with E-state index in [1.165, 1.54) is 13.8 Å². The molecule has 11 N–H and O–H groups in total. The maximum Gasteiger partial charge on any atom is 0.397 e. The average Bonchev–Trinajstić information content (AvgIpc) is 3.85. The van der Waals surface area contributed by atoms with Crippen molar-refractivity contribution in [3.63, 3.8) is 0 Å². The lowest BCUT2D eigenvalue weighted by atomic mass is 9.75. The molecule has 6 unspecified atom stereocenters. The molecule has 3 saturated heterocycles. The van der Waals surface area contributed by atoms with E-state index in [9.17, 15) is 66.7 Å². The number of likely N-dealkylation sites (tertiary alicyclic amines) is 1. The highest BCUT2D eigenvalue weighted by atomic mass is 32.3. The van der Waals surface area contributed by atoms with Crippen LogP contribution in [-0.4, -0.2) is 232 Å². The van der Waals surface area contributed by atoms with Gasteiger partial charge in [-0.2, -0.15) is 16.8 Å². The Balaban J connectivity index is 1.19. The lowest BCUT2D eigenvalue weighted by Crippen LogP contribution is -2.67. The van der Waals surface area contributed by atoms with E-state index in [4.69, 9.17) is 32.8 Å². The highest BCUT2D eigenvalue weighted by Gasteiger charge is 2.53. The molecule has 15 atom stereocenters. The Hall–Kier alpha value is -3.68. The van der Waals surface area contributed by atoms with E-state index in [1.807, 2.05) is 6.92 Å². The van der Waals surface area contributed by atoms with Crippen LogP contribution in [0.2, 0.25) is 0 Å². The van der Waals surface area contributed by atoms with Gasteiger partial charge >= 0.3 is 20.8 Å². The number of aliphatic hydroxyl groups is 6. The van der Waals surface area contributed by atoms with Crippen LogP contribution in [-0.2, 0) is 73.8 Å². The SMILES string of the molecule is CCC1CC(C(=O)NCCNC(=O)c2cn(CC(CO)(COS(=O)(=O)O)COS(=O)(=O)O)nn2)C[C@@H](O[C@@H]2O[C@@H](CO)[C@H](O)C(O[C@@H](CC3CCCCC3)C(=O)N3CCC3)C2NC(C)=O)[C@@H]1O[C@@H]1OC(C)[C@@H](O)[C@H](O)C1O. The van der Waals surface area contributed by atoms with Gasteiger partial charge in [0.25, 0.3) is 11.8 Å². The smallest absolute Gasteiger partial charge is 0.396 e. The number of nitrogens with zero attached hydrogens (tertiary/aromatic N) is 4. The molecule has 1 aromatic heterocycles. The van der Waals surface area contributed by atoms with Gasteiger partial charge in [0, 0.05) is 39.0 Å². The molecule has 5 fully saturated rings. The summed E-state index contributed by atoms with van der Waals surface area (Å²) in [5.74, 6) is -3.39. The molecule has 3 aliphatic heterocycles. The molecule has 0 aromatic carbocycles. The van der Waals surface area contributed by atoms with Crippen molar-refractivity contribution >= 4 is 44.4 Å². The summed E-state index contributed by atoms with van der Waals surface area (Å²) in [6, 6.07) is -1.31. The Morgan fingerprint density at radius 2 is 1.51 bits per heavy atom. The highest BCUT2D eigenvalue weighted by Crippen LogP contribution is 2.40. The Labute approximate surface area is 445 Å². The second-order valence-electron chi connectivity index (χ2n) is 20.6. The fourth-order valence-corrected chi connectivity index (χ4v) is 11.2. The molecule has 1 aromatic rings. The third kappa shape index (κ3) is 17.2. The van der Waals surface area contributed by atoms with Crippen molar-refractivity contribution in [2.24, 2.45) is 23.2 Å². The lowest BCUT2D eigenvalue weighted by molar-refractivity contribution is -0.338. The molecule has 30 nitrogen and oxygen atoms in total. The second kappa shape index (κ2) is 27.7. The average molecular weight is 1150 g/mol. The Bertz CT molecular complexity index is 2310. The van der Waals surface area contributed by atoms with Gasteiger partial charge in [-0.3, -0.25) is 33.0 Å². The van der Waals surface area contributed by atoms with Crippen LogP contribution in [0.1, 0.15) is 95.5 Å². The van der Waals surface area contributed by atoms with Gasteiger partial charge in [0.05, 0.1) is 62.9 Å². The third-order valence-electron chi connectivity index (χ3n) is 14.8. The van der Waals surface area contributed by atoms with E-state index < -0.39 is 168 Å². The number of ether oxygens (including phenoxy) is 5. The van der Waals surface area contributed by atoms with Gasteiger partial charge in [-0.15, -0.1) is 5.10 Å². The second-order valence-corrected chi connectivity index (χ2v) is 22.8. The molecule has 32 heteroatoms. The maximum atomic E-state index is 14.1. The predicted molar refractivity (Wildman–Crippen MR) is 259 cm³/mol. The monoisotopic (exact) mass is 1150 g/mol. The summed E-state index contributed by atoms with van der Waals surface area (Å²) in [7, 11) is -10.2. The van der Waals surface area contributed by atoms with E-state index in [-0.39, 0.29) is 43.5 Å². The summed E-state index contributed by atoms with van der Waals surface area (Å²) in [5, 5.41) is 80.2. The van der Waals surface area contributed by atoms with Crippen LogP contribution in [0.5, 0.6) is 0 Å². The van der Waals surface area contributed by atoms with Gasteiger partial charge in [0.2, 0.25) is 11.8 Å². The zero-order chi connectivity index (χ0) is 56.4. The van der Waals surface area contributed by atoms with Crippen LogP contribution in [0.3, 0.4) is 0 Å². The van der Waals surface area contributed by atoms with Crippen LogP contribution >= 0.6 is 0 Å². The van der Waals surface area contributed by atoms with Crippen LogP contribution < -0.4 is 16.0 Å². The fraction of sp³-hybridized carbons (Fsp3) is 0.867. The summed E-state index contributed by atoms with van der Waals surface area (Å²) in [4.78, 5) is 55.9. The van der Waals surface area contributed by atoms with Crippen molar-refractivity contribution in [3.8, 4) is 0 Å². The van der Waals surface area contributed by atoms with Crippen LogP contribution in [0.25, 0.3) is 0 Å². The number of aliphatic hydroxyl groups excluding tert-OH is 6. The van der Waals surface area contributed by atoms with Crippen LogP contribution in [0.4, 0.5) is 0 Å². The van der Waals surface area contributed by atoms with Gasteiger partial charge in [-0.1, -0.05) is 50.7 Å². The molecule has 5 aliphatic rings. The minimum atomic E-state index is -5.10. The van der Waals surface area contributed by atoms with Gasteiger partial charge in [0.15, 0.2) is 18.3 Å². The van der Waals surface area contributed by atoms with Crippen molar-refractivity contribution < 1.29 is 108 Å². The van der Waals surface area contributed by atoms with Crippen LogP contribution in [0, 0.1) is 23.2 Å². The molecule has 2 saturated carbocycles. The number of aromatic nitrogens is 3. The van der Waals surface area contributed by atoms with E-state index in [2.05, 4.69) is 34.6 Å². The molecule has 0 bridgehead atoms. The number of hydrogen-bond donors (Lipinski definition) is 11. The number of carbonyl (C=O) groups excluding carboxylic acids is 4. The van der Waals surface area contributed by atoms with Crippen molar-refractivity contribution in [1.29, 1.82) is 0 Å². The van der Waals surface area contributed by atoms with E-state index in [1.54, 1.807) is 4.90 Å². The van der Waals surface area contributed by atoms with Gasteiger partial charge < -0.3 is 75.2 Å². The highest BCUT2D eigenvalue weighted by molar-refractivity contribution is 7.81. The quantitative estimate of drug-likeness (QED) is 0.0314. The van der Waals surface area contributed by atoms with Crippen molar-refractivity contribution in [2.45, 2.75) is 171 Å². The Kier molecular flexibility index (Phi) is 22.5. The molecule has 4 amide bonds. The standard InChI is InChI=1S/C45H75N7O23S2/c1-4-27-16-28(40(60)46-11-12-47-41(61)29-18-52(50-49-29)20-45(21-54,22-69-76(63,64)65)23-70-77(66,67)68)17-30(38(27)75-44-37(59)36(58)34(56)24(2)71-44)73-43-33(48-25(3)55)39(35(57)32(19-53)74-43)72-31(42(62)51-13-8-14-51)15-26-9-6-5-7-10-26/h18,24,26-28,30-39,43-44,53-54,56-59H,4-17,19-23H2,1-3H3,(H,46,60)(H,47,61)(H,48,55)(H,63,64,65)(H,66,67,68)/t24?,27?,28?,30-,31+,32+,33?,34-,35+,36+,37?,38-,39?,43-,44+/m1/s1. The molecule has 2 aliphatic carbocycles. The molecular formula is C45H75N7O23S2.